The van der Waals surface area contributed by atoms with Crippen LogP contribution in [0, 0.1) is 5.82 Å². The molecule has 2 nitrogen and oxygen atoms in total. The number of benzene rings is 1. The van der Waals surface area contributed by atoms with Gasteiger partial charge in [0, 0.05) is 10.9 Å². The number of fused-ring (bicyclic) bond motifs is 2. The van der Waals surface area contributed by atoms with E-state index in [1.807, 2.05) is 6.07 Å². The number of nitrogens with one attached hydrogen (secondary N) is 1. The molecule has 0 bridgehead atoms. The Hall–Kier alpha value is -1.64. The van der Waals surface area contributed by atoms with E-state index in [0.717, 1.165) is 23.1 Å². The first-order chi connectivity index (χ1) is 7.53. The van der Waals surface area contributed by atoms with Crippen molar-refractivity contribution in [1.29, 1.82) is 0 Å². The standard InChI is InChI=1S/C13H13FN2/c1-13(2)7-9-5-8-6-10(14)3-4-11(8)15-12(9)16-13/h3-6H,7H2,1-2H3,(H,15,16). The molecule has 1 aromatic carbocycles. The first-order valence-electron chi connectivity index (χ1n) is 5.41. The Morgan fingerprint density at radius 2 is 2.12 bits per heavy atom. The summed E-state index contributed by atoms with van der Waals surface area (Å²) in [5.41, 5.74) is 2.05. The first-order valence-corrected chi connectivity index (χ1v) is 5.41. The van der Waals surface area contributed by atoms with Gasteiger partial charge in [0.05, 0.1) is 5.52 Å². The fourth-order valence-electron chi connectivity index (χ4n) is 2.27. The van der Waals surface area contributed by atoms with Crippen molar-refractivity contribution in [1.82, 2.24) is 4.98 Å². The van der Waals surface area contributed by atoms with Crippen molar-refractivity contribution in [2.24, 2.45) is 0 Å². The molecule has 82 valence electrons. The minimum atomic E-state index is -0.209. The lowest BCUT2D eigenvalue weighted by atomic mass is 10.0. The zero-order valence-electron chi connectivity index (χ0n) is 9.34. The predicted molar refractivity (Wildman–Crippen MR) is 63.1 cm³/mol. The summed E-state index contributed by atoms with van der Waals surface area (Å²) in [7, 11) is 0. The van der Waals surface area contributed by atoms with Crippen molar-refractivity contribution in [2.75, 3.05) is 5.32 Å². The molecule has 0 spiro atoms. The van der Waals surface area contributed by atoms with Crippen LogP contribution < -0.4 is 5.32 Å². The van der Waals surface area contributed by atoms with Crippen molar-refractivity contribution in [3.05, 3.63) is 35.6 Å². The zero-order valence-corrected chi connectivity index (χ0v) is 9.34. The topological polar surface area (TPSA) is 24.9 Å². The molecule has 1 aromatic heterocycles. The Labute approximate surface area is 93.5 Å². The number of pyridine rings is 1. The van der Waals surface area contributed by atoms with E-state index in [1.165, 1.54) is 17.7 Å². The maximum absolute atomic E-state index is 13.1. The van der Waals surface area contributed by atoms with Crippen LogP contribution in [0.3, 0.4) is 0 Å². The van der Waals surface area contributed by atoms with E-state index in [0.29, 0.717) is 0 Å². The van der Waals surface area contributed by atoms with Gasteiger partial charge in [-0.1, -0.05) is 0 Å². The van der Waals surface area contributed by atoms with Crippen LogP contribution >= 0.6 is 0 Å². The fraction of sp³-hybridized carbons (Fsp3) is 0.308. The molecule has 1 aliphatic heterocycles. The molecular weight excluding hydrogens is 203 g/mol. The third kappa shape index (κ3) is 1.43. The lowest BCUT2D eigenvalue weighted by Gasteiger charge is -2.17. The number of rotatable bonds is 0. The highest BCUT2D eigenvalue weighted by Crippen LogP contribution is 2.32. The van der Waals surface area contributed by atoms with Gasteiger partial charge in [-0.25, -0.2) is 9.37 Å². The van der Waals surface area contributed by atoms with E-state index >= 15 is 0 Å². The molecule has 2 aromatic rings. The summed E-state index contributed by atoms with van der Waals surface area (Å²) >= 11 is 0. The molecule has 0 radical (unpaired) electrons. The van der Waals surface area contributed by atoms with Gasteiger partial charge in [0.1, 0.15) is 11.6 Å². The summed E-state index contributed by atoms with van der Waals surface area (Å²) in [6.45, 7) is 4.28. The second kappa shape index (κ2) is 2.94. The van der Waals surface area contributed by atoms with Crippen molar-refractivity contribution >= 4 is 16.7 Å². The van der Waals surface area contributed by atoms with Gasteiger partial charge >= 0.3 is 0 Å². The molecule has 2 heterocycles. The van der Waals surface area contributed by atoms with Gasteiger partial charge in [-0.05, 0) is 50.1 Å². The number of anilines is 1. The van der Waals surface area contributed by atoms with Gasteiger partial charge in [-0.2, -0.15) is 0 Å². The maximum atomic E-state index is 13.1. The highest BCUT2D eigenvalue weighted by atomic mass is 19.1. The molecule has 0 unspecified atom stereocenters. The average molecular weight is 216 g/mol. The summed E-state index contributed by atoms with van der Waals surface area (Å²) < 4.78 is 13.1. The quantitative estimate of drug-likeness (QED) is 0.731. The van der Waals surface area contributed by atoms with Crippen LogP contribution in [0.15, 0.2) is 24.3 Å². The third-order valence-electron chi connectivity index (χ3n) is 2.94. The largest absolute Gasteiger partial charge is 0.365 e. The monoisotopic (exact) mass is 216 g/mol. The smallest absolute Gasteiger partial charge is 0.130 e. The minimum Gasteiger partial charge on any atom is -0.365 e. The van der Waals surface area contributed by atoms with Gasteiger partial charge in [0.2, 0.25) is 0 Å². The Morgan fingerprint density at radius 1 is 1.31 bits per heavy atom. The van der Waals surface area contributed by atoms with Gasteiger partial charge in [0.25, 0.3) is 0 Å². The Balaban J connectivity index is 2.22. The minimum absolute atomic E-state index is 0.0469. The average Bonchev–Trinajstić information content (AvgIpc) is 2.47. The Bertz CT molecular complexity index is 575. The zero-order chi connectivity index (χ0) is 11.3. The van der Waals surface area contributed by atoms with Crippen molar-refractivity contribution in [3.8, 4) is 0 Å². The molecule has 3 heteroatoms. The van der Waals surface area contributed by atoms with E-state index in [1.54, 1.807) is 6.07 Å². The number of aromatic nitrogens is 1. The predicted octanol–water partition coefficient (Wildman–Crippen LogP) is 3.12. The van der Waals surface area contributed by atoms with E-state index in [-0.39, 0.29) is 11.4 Å². The molecule has 0 saturated carbocycles. The number of nitrogens with zero attached hydrogens (tertiary/aromatic N) is 1. The summed E-state index contributed by atoms with van der Waals surface area (Å²) in [5, 5.41) is 4.25. The molecule has 16 heavy (non-hydrogen) atoms. The number of hydrogen-bond acceptors (Lipinski definition) is 2. The van der Waals surface area contributed by atoms with Crippen LogP contribution in [-0.2, 0) is 6.42 Å². The molecule has 0 saturated heterocycles. The van der Waals surface area contributed by atoms with Gasteiger partial charge in [0.15, 0.2) is 0 Å². The summed E-state index contributed by atoms with van der Waals surface area (Å²) in [5.74, 6) is 0.726. The lowest BCUT2D eigenvalue weighted by Crippen LogP contribution is -2.27. The van der Waals surface area contributed by atoms with Gasteiger partial charge in [-0.3, -0.25) is 0 Å². The summed E-state index contributed by atoms with van der Waals surface area (Å²) in [6, 6.07) is 6.73. The highest BCUT2D eigenvalue weighted by Gasteiger charge is 2.28. The highest BCUT2D eigenvalue weighted by molar-refractivity contribution is 5.82. The fourth-order valence-corrected chi connectivity index (χ4v) is 2.27. The molecule has 0 fully saturated rings. The van der Waals surface area contributed by atoms with E-state index in [4.69, 9.17) is 0 Å². The first kappa shape index (κ1) is 9.58. The van der Waals surface area contributed by atoms with Crippen LogP contribution in [-0.4, -0.2) is 10.5 Å². The van der Waals surface area contributed by atoms with Crippen LogP contribution in [0.25, 0.3) is 10.9 Å². The van der Waals surface area contributed by atoms with Gasteiger partial charge < -0.3 is 5.32 Å². The molecule has 1 aliphatic rings. The van der Waals surface area contributed by atoms with Crippen molar-refractivity contribution < 1.29 is 4.39 Å². The molecular formula is C13H13FN2. The Kier molecular flexibility index (Phi) is 1.76. The van der Waals surface area contributed by atoms with E-state index in [9.17, 15) is 4.39 Å². The number of halogens is 1. The normalized spacial score (nSPS) is 17.2. The summed E-state index contributed by atoms with van der Waals surface area (Å²) in [4.78, 5) is 4.51. The molecule has 0 amide bonds. The van der Waals surface area contributed by atoms with E-state index in [2.05, 4.69) is 24.1 Å². The van der Waals surface area contributed by atoms with Crippen LogP contribution in [0.1, 0.15) is 19.4 Å². The second-order valence-electron chi connectivity index (χ2n) is 5.02. The Morgan fingerprint density at radius 3 is 2.94 bits per heavy atom. The molecule has 0 atom stereocenters. The van der Waals surface area contributed by atoms with E-state index < -0.39 is 0 Å². The number of hydrogen-bond donors (Lipinski definition) is 1. The van der Waals surface area contributed by atoms with Gasteiger partial charge in [-0.15, -0.1) is 0 Å². The molecule has 3 rings (SSSR count). The SMILES string of the molecule is CC1(C)Cc2cc3cc(F)ccc3nc2N1. The van der Waals surface area contributed by atoms with Crippen LogP contribution in [0.5, 0.6) is 0 Å². The van der Waals surface area contributed by atoms with Crippen LogP contribution in [0.4, 0.5) is 10.2 Å². The second-order valence-corrected chi connectivity index (χ2v) is 5.02. The van der Waals surface area contributed by atoms with Crippen LogP contribution in [0.2, 0.25) is 0 Å². The molecule has 0 aliphatic carbocycles. The summed E-state index contributed by atoms with van der Waals surface area (Å²) in [6.07, 6.45) is 0.932. The van der Waals surface area contributed by atoms with Crippen molar-refractivity contribution in [2.45, 2.75) is 25.8 Å². The maximum Gasteiger partial charge on any atom is 0.130 e. The van der Waals surface area contributed by atoms with Crippen molar-refractivity contribution in [3.63, 3.8) is 0 Å². The lowest BCUT2D eigenvalue weighted by molar-refractivity contribution is 0.593. The molecule has 1 N–H and O–H groups in total. The third-order valence-corrected chi connectivity index (χ3v) is 2.94.